The van der Waals surface area contributed by atoms with Gasteiger partial charge in [-0.05, 0) is 55.7 Å². The van der Waals surface area contributed by atoms with E-state index in [4.69, 9.17) is 0 Å². The molecular formula is C17H18N2O2. The Bertz CT molecular complexity index is 706. The van der Waals surface area contributed by atoms with E-state index in [1.54, 1.807) is 18.2 Å². The summed E-state index contributed by atoms with van der Waals surface area (Å²) in [5.74, 6) is -0.495. The van der Waals surface area contributed by atoms with Crippen LogP contribution in [-0.4, -0.2) is 16.7 Å². The number of hydrogen-bond donors (Lipinski definition) is 2. The van der Waals surface area contributed by atoms with Gasteiger partial charge in [-0.1, -0.05) is 24.3 Å². The zero-order valence-corrected chi connectivity index (χ0v) is 12.3. The van der Waals surface area contributed by atoms with Crippen LogP contribution in [0, 0.1) is 13.8 Å². The zero-order valence-electron chi connectivity index (χ0n) is 12.3. The number of amides is 1. The third-order valence-electron chi connectivity index (χ3n) is 3.40. The van der Waals surface area contributed by atoms with Crippen LogP contribution in [0.3, 0.4) is 0 Å². The number of aromatic hydroxyl groups is 1. The number of phenols is 1. The van der Waals surface area contributed by atoms with Crippen LogP contribution in [0.15, 0.2) is 47.6 Å². The molecule has 108 valence electrons. The van der Waals surface area contributed by atoms with Crippen molar-refractivity contribution < 1.29 is 9.90 Å². The van der Waals surface area contributed by atoms with E-state index in [9.17, 15) is 9.90 Å². The molecule has 0 aliphatic heterocycles. The minimum absolute atomic E-state index is 0.0611. The van der Waals surface area contributed by atoms with Gasteiger partial charge in [0.05, 0.1) is 11.3 Å². The van der Waals surface area contributed by atoms with Crippen LogP contribution < -0.4 is 5.43 Å². The second-order valence-electron chi connectivity index (χ2n) is 4.95. The Balaban J connectivity index is 2.15. The molecule has 2 rings (SSSR count). The highest BCUT2D eigenvalue weighted by molar-refractivity contribution is 6.01. The molecule has 0 heterocycles. The van der Waals surface area contributed by atoms with Crippen molar-refractivity contribution in [3.63, 3.8) is 0 Å². The van der Waals surface area contributed by atoms with Gasteiger partial charge >= 0.3 is 0 Å². The van der Waals surface area contributed by atoms with Crippen LogP contribution in [0.25, 0.3) is 0 Å². The minimum Gasteiger partial charge on any atom is -0.507 e. The molecule has 0 aliphatic carbocycles. The molecule has 2 N–H and O–H groups in total. The topological polar surface area (TPSA) is 61.7 Å². The predicted octanol–water partition coefficient (Wildman–Crippen LogP) is 3.16. The number of hydrazone groups is 1. The van der Waals surface area contributed by atoms with Crippen molar-refractivity contribution in [2.24, 2.45) is 5.10 Å². The average Bonchev–Trinajstić information content (AvgIpc) is 2.47. The summed E-state index contributed by atoms with van der Waals surface area (Å²) >= 11 is 0. The molecule has 0 unspecified atom stereocenters. The van der Waals surface area contributed by atoms with E-state index in [2.05, 4.69) is 10.5 Å². The Morgan fingerprint density at radius 3 is 2.48 bits per heavy atom. The van der Waals surface area contributed by atoms with Crippen LogP contribution in [0.5, 0.6) is 5.75 Å². The molecule has 21 heavy (non-hydrogen) atoms. The molecule has 0 saturated carbocycles. The first-order chi connectivity index (χ1) is 9.99. The number of nitrogens with one attached hydrogen (secondary N) is 1. The largest absolute Gasteiger partial charge is 0.507 e. The van der Waals surface area contributed by atoms with Crippen molar-refractivity contribution >= 4 is 11.6 Å². The van der Waals surface area contributed by atoms with Crippen molar-refractivity contribution in [3.8, 4) is 5.75 Å². The lowest BCUT2D eigenvalue weighted by Gasteiger charge is -2.06. The summed E-state index contributed by atoms with van der Waals surface area (Å²) in [4.78, 5) is 11.9. The number of rotatable bonds is 3. The highest BCUT2D eigenvalue weighted by atomic mass is 16.3. The molecule has 0 atom stereocenters. The maximum Gasteiger partial charge on any atom is 0.275 e. The number of nitrogens with zero attached hydrogens (tertiary/aromatic N) is 1. The van der Waals surface area contributed by atoms with E-state index in [1.165, 1.54) is 17.2 Å². The fourth-order valence-corrected chi connectivity index (χ4v) is 1.89. The third kappa shape index (κ3) is 3.48. The first-order valence-corrected chi connectivity index (χ1v) is 6.69. The molecule has 0 aliphatic rings. The lowest BCUT2D eigenvalue weighted by atomic mass is 10.0. The van der Waals surface area contributed by atoms with Crippen molar-refractivity contribution in [2.75, 3.05) is 0 Å². The van der Waals surface area contributed by atoms with Crippen molar-refractivity contribution in [1.29, 1.82) is 0 Å². The van der Waals surface area contributed by atoms with E-state index in [-0.39, 0.29) is 11.3 Å². The number of hydrogen-bond acceptors (Lipinski definition) is 3. The van der Waals surface area contributed by atoms with E-state index < -0.39 is 5.91 Å². The summed E-state index contributed by atoms with van der Waals surface area (Å²) in [6, 6.07) is 12.4. The lowest BCUT2D eigenvalue weighted by molar-refractivity contribution is 0.0952. The quantitative estimate of drug-likeness (QED) is 0.671. The van der Waals surface area contributed by atoms with Crippen LogP contribution in [-0.2, 0) is 0 Å². The van der Waals surface area contributed by atoms with Gasteiger partial charge < -0.3 is 5.11 Å². The summed E-state index contributed by atoms with van der Waals surface area (Å²) in [6.45, 7) is 5.91. The van der Waals surface area contributed by atoms with Crippen LogP contribution >= 0.6 is 0 Å². The maximum absolute atomic E-state index is 11.9. The molecule has 2 aromatic rings. The third-order valence-corrected chi connectivity index (χ3v) is 3.40. The van der Waals surface area contributed by atoms with E-state index in [1.807, 2.05) is 39.0 Å². The average molecular weight is 282 g/mol. The van der Waals surface area contributed by atoms with Gasteiger partial charge in [-0.15, -0.1) is 0 Å². The summed E-state index contributed by atoms with van der Waals surface area (Å²) in [7, 11) is 0. The second-order valence-corrected chi connectivity index (χ2v) is 4.95. The first-order valence-electron chi connectivity index (χ1n) is 6.69. The van der Waals surface area contributed by atoms with Gasteiger partial charge in [0.2, 0.25) is 0 Å². The minimum atomic E-state index is -0.434. The smallest absolute Gasteiger partial charge is 0.275 e. The van der Waals surface area contributed by atoms with Crippen LogP contribution in [0.2, 0.25) is 0 Å². The molecule has 0 aromatic heterocycles. The standard InChI is InChI=1S/C17H18N2O2/c1-11-8-9-14(10-12(11)2)13(3)18-19-17(21)15-6-4-5-7-16(15)20/h4-10,20H,1-3H3,(H,19,21). The number of para-hydroxylation sites is 1. The van der Waals surface area contributed by atoms with Crippen molar-refractivity contribution in [2.45, 2.75) is 20.8 Å². The van der Waals surface area contributed by atoms with Gasteiger partial charge in [-0.2, -0.15) is 5.10 Å². The van der Waals surface area contributed by atoms with E-state index in [0.717, 1.165) is 5.56 Å². The van der Waals surface area contributed by atoms with Crippen molar-refractivity contribution in [3.05, 3.63) is 64.7 Å². The van der Waals surface area contributed by atoms with Gasteiger partial charge in [0.15, 0.2) is 0 Å². The molecule has 1 amide bonds. The molecular weight excluding hydrogens is 264 g/mol. The van der Waals surface area contributed by atoms with Crippen molar-refractivity contribution in [1.82, 2.24) is 5.43 Å². The first kappa shape index (κ1) is 14.8. The molecule has 4 nitrogen and oxygen atoms in total. The number of aryl methyl sites for hydroxylation is 2. The molecule has 0 radical (unpaired) electrons. The highest BCUT2D eigenvalue weighted by Crippen LogP contribution is 2.15. The fourth-order valence-electron chi connectivity index (χ4n) is 1.89. The van der Waals surface area contributed by atoms with Gasteiger partial charge in [0.25, 0.3) is 5.91 Å². The summed E-state index contributed by atoms with van der Waals surface area (Å²) in [5, 5.41) is 13.7. The van der Waals surface area contributed by atoms with Gasteiger partial charge in [0, 0.05) is 0 Å². The van der Waals surface area contributed by atoms with Gasteiger partial charge in [-0.25, -0.2) is 5.43 Å². The maximum atomic E-state index is 11.9. The zero-order chi connectivity index (χ0) is 15.4. The Kier molecular flexibility index (Phi) is 4.38. The molecule has 0 bridgehead atoms. The van der Waals surface area contributed by atoms with Gasteiger partial charge in [-0.3, -0.25) is 4.79 Å². The molecule has 0 fully saturated rings. The van der Waals surface area contributed by atoms with Gasteiger partial charge in [0.1, 0.15) is 5.75 Å². The van der Waals surface area contributed by atoms with Crippen LogP contribution in [0.4, 0.5) is 0 Å². The second kappa shape index (κ2) is 6.22. The monoisotopic (exact) mass is 282 g/mol. The molecule has 4 heteroatoms. The van der Waals surface area contributed by atoms with E-state index in [0.29, 0.717) is 5.71 Å². The number of phenolic OH excluding ortho intramolecular Hbond substituents is 1. The normalized spacial score (nSPS) is 11.3. The summed E-state index contributed by atoms with van der Waals surface area (Å²) < 4.78 is 0. The predicted molar refractivity (Wildman–Crippen MR) is 83.7 cm³/mol. The number of benzene rings is 2. The highest BCUT2D eigenvalue weighted by Gasteiger charge is 2.09. The molecule has 0 spiro atoms. The number of carbonyl (C=O) groups excluding carboxylic acids is 1. The SMILES string of the molecule is CC(=NNC(=O)c1ccccc1O)c1ccc(C)c(C)c1. The Morgan fingerprint density at radius 1 is 1.10 bits per heavy atom. The summed E-state index contributed by atoms with van der Waals surface area (Å²) in [6.07, 6.45) is 0. The van der Waals surface area contributed by atoms with E-state index >= 15 is 0 Å². The summed E-state index contributed by atoms with van der Waals surface area (Å²) in [5.41, 5.74) is 6.72. The molecule has 2 aromatic carbocycles. The Labute approximate surface area is 124 Å². The molecule has 0 saturated heterocycles. The fraction of sp³-hybridized carbons (Fsp3) is 0.176. The Morgan fingerprint density at radius 2 is 1.81 bits per heavy atom. The Hall–Kier alpha value is -2.62. The number of carbonyl (C=O) groups is 1. The van der Waals surface area contributed by atoms with Crippen LogP contribution in [0.1, 0.15) is 34.0 Å². The lowest BCUT2D eigenvalue weighted by Crippen LogP contribution is -2.19.